The molecule has 1 heterocycles. The van der Waals surface area contributed by atoms with Crippen LogP contribution in [0.15, 0.2) is 28.9 Å². The lowest BCUT2D eigenvalue weighted by Crippen LogP contribution is -2.15. The van der Waals surface area contributed by atoms with E-state index in [0.29, 0.717) is 16.3 Å². The van der Waals surface area contributed by atoms with Crippen LogP contribution in [-0.2, 0) is 12.8 Å². The number of amides is 1. The number of anilines is 1. The summed E-state index contributed by atoms with van der Waals surface area (Å²) in [7, 11) is 0. The van der Waals surface area contributed by atoms with Gasteiger partial charge < -0.3 is 9.73 Å². The van der Waals surface area contributed by atoms with E-state index in [1.165, 1.54) is 6.26 Å². The summed E-state index contributed by atoms with van der Waals surface area (Å²) in [6.07, 6.45) is 3.13. The van der Waals surface area contributed by atoms with Crippen LogP contribution in [0.4, 0.5) is 5.69 Å². The zero-order chi connectivity index (χ0) is 14.7. The number of carbonyl (C=O) groups excluding carboxylic acids is 1. The Morgan fingerprint density at radius 2 is 2.00 bits per heavy atom. The number of rotatable bonds is 4. The van der Waals surface area contributed by atoms with Gasteiger partial charge in [0.2, 0.25) is 0 Å². The molecule has 0 fully saturated rings. The third kappa shape index (κ3) is 2.73. The molecule has 1 aromatic carbocycles. The van der Waals surface area contributed by atoms with Crippen molar-refractivity contribution in [2.45, 2.75) is 33.6 Å². The third-order valence-corrected chi connectivity index (χ3v) is 3.77. The molecule has 1 amide bonds. The molecule has 4 heteroatoms. The second-order valence-corrected chi connectivity index (χ2v) is 5.02. The number of furan rings is 1. The van der Waals surface area contributed by atoms with Crippen LogP contribution in [0.1, 0.15) is 41.1 Å². The van der Waals surface area contributed by atoms with Crippen LogP contribution in [0.25, 0.3) is 0 Å². The Balaban J connectivity index is 2.40. The maximum atomic E-state index is 12.3. The van der Waals surface area contributed by atoms with Gasteiger partial charge in [0.25, 0.3) is 5.91 Å². The highest BCUT2D eigenvalue weighted by Crippen LogP contribution is 2.30. The second kappa shape index (κ2) is 6.14. The third-order valence-electron chi connectivity index (χ3n) is 3.42. The van der Waals surface area contributed by atoms with E-state index in [9.17, 15) is 4.79 Å². The average Bonchev–Trinajstić information content (AvgIpc) is 2.85. The van der Waals surface area contributed by atoms with Crippen molar-refractivity contribution in [1.82, 2.24) is 0 Å². The molecule has 0 radical (unpaired) electrons. The summed E-state index contributed by atoms with van der Waals surface area (Å²) >= 11 is 6.23. The molecule has 0 saturated heterocycles. The van der Waals surface area contributed by atoms with E-state index in [1.807, 2.05) is 19.1 Å². The number of aryl methyl sites for hydroxylation is 2. The SMILES string of the molecule is CCc1ccc(Cl)c(CC)c1NC(=O)c1ccoc1C. The Labute approximate surface area is 123 Å². The van der Waals surface area contributed by atoms with Gasteiger partial charge in [-0.3, -0.25) is 4.79 Å². The number of nitrogens with one attached hydrogen (secondary N) is 1. The Hall–Kier alpha value is -1.74. The Kier molecular flexibility index (Phi) is 4.50. The van der Waals surface area contributed by atoms with E-state index in [0.717, 1.165) is 29.7 Å². The van der Waals surface area contributed by atoms with Crippen molar-refractivity contribution in [1.29, 1.82) is 0 Å². The molecule has 0 bridgehead atoms. The van der Waals surface area contributed by atoms with Crippen molar-refractivity contribution in [3.8, 4) is 0 Å². The van der Waals surface area contributed by atoms with Gasteiger partial charge in [0.15, 0.2) is 0 Å². The summed E-state index contributed by atoms with van der Waals surface area (Å²) in [5.41, 5.74) is 3.43. The van der Waals surface area contributed by atoms with Gasteiger partial charge in [-0.1, -0.05) is 31.5 Å². The zero-order valence-electron chi connectivity index (χ0n) is 11.9. The Morgan fingerprint density at radius 3 is 2.55 bits per heavy atom. The fourth-order valence-corrected chi connectivity index (χ4v) is 2.56. The smallest absolute Gasteiger partial charge is 0.259 e. The maximum Gasteiger partial charge on any atom is 0.259 e. The lowest BCUT2D eigenvalue weighted by atomic mass is 10.0. The van der Waals surface area contributed by atoms with Gasteiger partial charge in [-0.25, -0.2) is 0 Å². The minimum Gasteiger partial charge on any atom is -0.469 e. The standard InChI is InChI=1S/C16H18ClNO2/c1-4-11-6-7-14(17)12(5-2)15(11)18-16(19)13-8-9-20-10(13)3/h6-9H,4-5H2,1-3H3,(H,18,19). The summed E-state index contributed by atoms with van der Waals surface area (Å²) in [5.74, 6) is 0.448. The Morgan fingerprint density at radius 1 is 1.25 bits per heavy atom. The van der Waals surface area contributed by atoms with E-state index >= 15 is 0 Å². The molecule has 2 aromatic rings. The molecule has 1 N–H and O–H groups in total. The van der Waals surface area contributed by atoms with Crippen LogP contribution < -0.4 is 5.32 Å². The molecule has 0 saturated carbocycles. The van der Waals surface area contributed by atoms with E-state index in [-0.39, 0.29) is 5.91 Å². The average molecular weight is 292 g/mol. The topological polar surface area (TPSA) is 42.2 Å². The fourth-order valence-electron chi connectivity index (χ4n) is 2.27. The normalized spacial score (nSPS) is 10.6. The minimum atomic E-state index is -0.164. The highest BCUT2D eigenvalue weighted by molar-refractivity contribution is 6.32. The lowest BCUT2D eigenvalue weighted by molar-refractivity contribution is 0.102. The van der Waals surface area contributed by atoms with Gasteiger partial charge in [0.05, 0.1) is 11.8 Å². The van der Waals surface area contributed by atoms with Crippen molar-refractivity contribution in [3.63, 3.8) is 0 Å². The molecule has 1 aromatic heterocycles. The molecule has 0 spiro atoms. The molecule has 0 aliphatic carbocycles. The van der Waals surface area contributed by atoms with Crippen LogP contribution in [-0.4, -0.2) is 5.91 Å². The maximum absolute atomic E-state index is 12.3. The first kappa shape index (κ1) is 14.7. The first-order chi connectivity index (χ1) is 9.58. The van der Waals surface area contributed by atoms with E-state index in [1.54, 1.807) is 13.0 Å². The molecule has 0 atom stereocenters. The van der Waals surface area contributed by atoms with Crippen LogP contribution in [0.5, 0.6) is 0 Å². The van der Waals surface area contributed by atoms with Gasteiger partial charge >= 0.3 is 0 Å². The quantitative estimate of drug-likeness (QED) is 0.893. The van der Waals surface area contributed by atoms with Crippen LogP contribution in [0.2, 0.25) is 5.02 Å². The van der Waals surface area contributed by atoms with Gasteiger partial charge in [-0.05, 0) is 43.0 Å². The largest absolute Gasteiger partial charge is 0.469 e. The summed E-state index contributed by atoms with van der Waals surface area (Å²) < 4.78 is 5.17. The second-order valence-electron chi connectivity index (χ2n) is 4.61. The summed E-state index contributed by atoms with van der Waals surface area (Å²) in [6.45, 7) is 5.86. The molecular formula is C16H18ClNO2. The number of hydrogen-bond donors (Lipinski definition) is 1. The van der Waals surface area contributed by atoms with Crippen LogP contribution in [0.3, 0.4) is 0 Å². The fraction of sp³-hybridized carbons (Fsp3) is 0.312. The van der Waals surface area contributed by atoms with Crippen molar-refractivity contribution in [2.75, 3.05) is 5.32 Å². The number of benzene rings is 1. The van der Waals surface area contributed by atoms with Crippen LogP contribution >= 0.6 is 11.6 Å². The molecule has 2 rings (SSSR count). The minimum absolute atomic E-state index is 0.164. The number of halogens is 1. The lowest BCUT2D eigenvalue weighted by Gasteiger charge is -2.15. The molecule has 20 heavy (non-hydrogen) atoms. The number of hydrogen-bond acceptors (Lipinski definition) is 2. The highest BCUT2D eigenvalue weighted by atomic mass is 35.5. The summed E-state index contributed by atoms with van der Waals surface area (Å²) in [5, 5.41) is 3.67. The molecular weight excluding hydrogens is 274 g/mol. The van der Waals surface area contributed by atoms with E-state index in [4.69, 9.17) is 16.0 Å². The zero-order valence-corrected chi connectivity index (χ0v) is 12.7. The van der Waals surface area contributed by atoms with Crippen molar-refractivity contribution < 1.29 is 9.21 Å². The molecule has 0 aliphatic heterocycles. The molecule has 0 unspecified atom stereocenters. The van der Waals surface area contributed by atoms with Crippen LogP contribution in [0, 0.1) is 6.92 Å². The van der Waals surface area contributed by atoms with Gasteiger partial charge in [0.1, 0.15) is 5.76 Å². The van der Waals surface area contributed by atoms with E-state index in [2.05, 4.69) is 12.2 Å². The molecule has 0 aliphatic rings. The Bertz CT molecular complexity index is 631. The first-order valence-electron chi connectivity index (χ1n) is 6.74. The monoisotopic (exact) mass is 291 g/mol. The van der Waals surface area contributed by atoms with Gasteiger partial charge in [-0.15, -0.1) is 0 Å². The predicted octanol–water partition coefficient (Wildman–Crippen LogP) is 4.62. The van der Waals surface area contributed by atoms with Crippen molar-refractivity contribution >= 4 is 23.2 Å². The molecule has 3 nitrogen and oxygen atoms in total. The van der Waals surface area contributed by atoms with Crippen molar-refractivity contribution in [2.24, 2.45) is 0 Å². The summed E-state index contributed by atoms with van der Waals surface area (Å²) in [6, 6.07) is 5.52. The van der Waals surface area contributed by atoms with Gasteiger partial charge in [0, 0.05) is 10.7 Å². The van der Waals surface area contributed by atoms with Gasteiger partial charge in [-0.2, -0.15) is 0 Å². The number of carbonyl (C=O) groups is 1. The predicted molar refractivity (Wildman–Crippen MR) is 81.6 cm³/mol. The van der Waals surface area contributed by atoms with E-state index < -0.39 is 0 Å². The summed E-state index contributed by atoms with van der Waals surface area (Å²) in [4.78, 5) is 12.3. The highest BCUT2D eigenvalue weighted by Gasteiger charge is 2.16. The van der Waals surface area contributed by atoms with Crippen molar-refractivity contribution in [3.05, 3.63) is 51.9 Å². The molecule has 106 valence electrons. The first-order valence-corrected chi connectivity index (χ1v) is 7.11.